The standard InChI is InChI=1S/C25H24BrN3O3/c26-19-10-12-21(13-11-19)32-17-20(30)16-29-23-9-5-4-8-22(23)28-24(29)14-15-27-25(31)18-6-2-1-3-7-18/h1-13,20,30H,14-17H2,(H,27,31)/t20-/m0/s1. The zero-order valence-electron chi connectivity index (χ0n) is 17.4. The fraction of sp³-hybridized carbons (Fsp3) is 0.200. The van der Waals surface area contributed by atoms with E-state index in [4.69, 9.17) is 9.72 Å². The van der Waals surface area contributed by atoms with Crippen molar-refractivity contribution in [3.8, 4) is 5.75 Å². The van der Waals surface area contributed by atoms with Crippen LogP contribution in [0.1, 0.15) is 16.2 Å². The van der Waals surface area contributed by atoms with E-state index in [0.29, 0.717) is 30.8 Å². The second-order valence-corrected chi connectivity index (χ2v) is 8.33. The number of ether oxygens (including phenoxy) is 1. The molecule has 0 aliphatic carbocycles. The van der Waals surface area contributed by atoms with Crippen LogP contribution in [0.25, 0.3) is 11.0 Å². The molecule has 0 fully saturated rings. The number of para-hydroxylation sites is 2. The Hall–Kier alpha value is -3.16. The Balaban J connectivity index is 1.41. The number of nitrogens with one attached hydrogen (secondary N) is 1. The number of halogens is 1. The molecule has 1 atom stereocenters. The molecule has 2 N–H and O–H groups in total. The van der Waals surface area contributed by atoms with Gasteiger partial charge in [0.1, 0.15) is 24.3 Å². The summed E-state index contributed by atoms with van der Waals surface area (Å²) < 4.78 is 8.69. The number of nitrogens with zero attached hydrogens (tertiary/aromatic N) is 2. The number of benzene rings is 3. The van der Waals surface area contributed by atoms with Crippen molar-refractivity contribution in [3.05, 3.63) is 94.7 Å². The van der Waals surface area contributed by atoms with Gasteiger partial charge in [-0.1, -0.05) is 46.3 Å². The van der Waals surface area contributed by atoms with Crippen molar-refractivity contribution in [1.82, 2.24) is 14.9 Å². The maximum Gasteiger partial charge on any atom is 0.251 e. The summed E-state index contributed by atoms with van der Waals surface area (Å²) in [4.78, 5) is 17.0. The normalized spacial score (nSPS) is 11.9. The Morgan fingerprint density at radius 1 is 1.03 bits per heavy atom. The number of hydrogen-bond acceptors (Lipinski definition) is 4. The lowest BCUT2D eigenvalue weighted by Gasteiger charge is -2.16. The maximum atomic E-state index is 12.3. The van der Waals surface area contributed by atoms with E-state index in [0.717, 1.165) is 21.3 Å². The first-order valence-corrected chi connectivity index (χ1v) is 11.2. The number of carbonyl (C=O) groups is 1. The lowest BCUT2D eigenvalue weighted by Crippen LogP contribution is -2.28. The highest BCUT2D eigenvalue weighted by molar-refractivity contribution is 9.10. The average molecular weight is 494 g/mol. The number of imidazole rings is 1. The number of amides is 1. The van der Waals surface area contributed by atoms with Gasteiger partial charge in [-0.2, -0.15) is 0 Å². The first-order valence-electron chi connectivity index (χ1n) is 10.4. The molecule has 4 aromatic rings. The molecule has 32 heavy (non-hydrogen) atoms. The molecule has 6 nitrogen and oxygen atoms in total. The monoisotopic (exact) mass is 493 g/mol. The van der Waals surface area contributed by atoms with Gasteiger partial charge in [0.2, 0.25) is 0 Å². The Bertz CT molecular complexity index is 1180. The van der Waals surface area contributed by atoms with Gasteiger partial charge < -0.3 is 19.7 Å². The number of aliphatic hydroxyl groups is 1. The van der Waals surface area contributed by atoms with Crippen LogP contribution in [0.2, 0.25) is 0 Å². The minimum atomic E-state index is -0.714. The zero-order valence-corrected chi connectivity index (χ0v) is 19.0. The van der Waals surface area contributed by atoms with E-state index in [-0.39, 0.29) is 12.5 Å². The molecular weight excluding hydrogens is 470 g/mol. The van der Waals surface area contributed by atoms with Crippen molar-refractivity contribution in [2.45, 2.75) is 19.1 Å². The lowest BCUT2D eigenvalue weighted by atomic mass is 10.2. The number of rotatable bonds is 9. The Morgan fingerprint density at radius 3 is 2.53 bits per heavy atom. The van der Waals surface area contributed by atoms with Crippen molar-refractivity contribution in [2.24, 2.45) is 0 Å². The van der Waals surface area contributed by atoms with Crippen molar-refractivity contribution in [3.63, 3.8) is 0 Å². The van der Waals surface area contributed by atoms with Gasteiger partial charge >= 0.3 is 0 Å². The van der Waals surface area contributed by atoms with Crippen molar-refractivity contribution >= 4 is 32.9 Å². The minimum absolute atomic E-state index is 0.115. The van der Waals surface area contributed by atoms with Gasteiger partial charge in [0, 0.05) is 23.0 Å². The van der Waals surface area contributed by atoms with Crippen LogP contribution in [0, 0.1) is 0 Å². The molecule has 3 aromatic carbocycles. The summed E-state index contributed by atoms with van der Waals surface area (Å²) in [5, 5.41) is 13.6. The summed E-state index contributed by atoms with van der Waals surface area (Å²) >= 11 is 3.40. The smallest absolute Gasteiger partial charge is 0.251 e. The third-order valence-electron chi connectivity index (χ3n) is 5.05. The molecule has 7 heteroatoms. The molecule has 0 spiro atoms. The molecule has 0 unspecified atom stereocenters. The van der Waals surface area contributed by atoms with Crippen LogP contribution in [0.4, 0.5) is 0 Å². The molecule has 1 heterocycles. The van der Waals surface area contributed by atoms with E-state index in [9.17, 15) is 9.90 Å². The number of carbonyl (C=O) groups excluding carboxylic acids is 1. The van der Waals surface area contributed by atoms with Crippen LogP contribution >= 0.6 is 15.9 Å². The topological polar surface area (TPSA) is 76.4 Å². The molecule has 164 valence electrons. The SMILES string of the molecule is O=C(NCCc1nc2ccccc2n1C[C@H](O)COc1ccc(Br)cc1)c1ccccc1. The van der Waals surface area contributed by atoms with E-state index in [1.54, 1.807) is 12.1 Å². The second-order valence-electron chi connectivity index (χ2n) is 7.42. The molecule has 0 radical (unpaired) electrons. The van der Waals surface area contributed by atoms with Gasteiger partial charge in [0.25, 0.3) is 5.91 Å². The fourth-order valence-electron chi connectivity index (χ4n) is 3.49. The predicted octanol–water partition coefficient (Wildman–Crippen LogP) is 4.21. The van der Waals surface area contributed by atoms with Crippen molar-refractivity contribution < 1.29 is 14.6 Å². The largest absolute Gasteiger partial charge is 0.491 e. The van der Waals surface area contributed by atoms with Gasteiger partial charge in [0.15, 0.2) is 0 Å². The van der Waals surface area contributed by atoms with Crippen molar-refractivity contribution in [2.75, 3.05) is 13.2 Å². The molecule has 0 aliphatic rings. The van der Waals surface area contributed by atoms with Crippen LogP contribution < -0.4 is 10.1 Å². The number of hydrogen-bond donors (Lipinski definition) is 2. The number of aromatic nitrogens is 2. The van der Waals surface area contributed by atoms with Crippen LogP contribution in [-0.2, 0) is 13.0 Å². The summed E-state index contributed by atoms with van der Waals surface area (Å²) in [6.07, 6.45) is -0.165. The fourth-order valence-corrected chi connectivity index (χ4v) is 3.75. The molecule has 4 rings (SSSR count). The minimum Gasteiger partial charge on any atom is -0.491 e. The Labute approximate surface area is 195 Å². The highest BCUT2D eigenvalue weighted by Crippen LogP contribution is 2.19. The van der Waals surface area contributed by atoms with Crippen LogP contribution in [-0.4, -0.2) is 39.8 Å². The average Bonchev–Trinajstić information content (AvgIpc) is 3.16. The highest BCUT2D eigenvalue weighted by atomic mass is 79.9. The molecule has 0 saturated carbocycles. The van der Waals surface area contributed by atoms with Gasteiger partial charge in [-0.3, -0.25) is 4.79 Å². The third kappa shape index (κ3) is 5.55. The molecule has 0 saturated heterocycles. The van der Waals surface area contributed by atoms with E-state index in [1.165, 1.54) is 0 Å². The van der Waals surface area contributed by atoms with Gasteiger partial charge in [-0.15, -0.1) is 0 Å². The van der Waals surface area contributed by atoms with E-state index < -0.39 is 6.10 Å². The summed E-state index contributed by atoms with van der Waals surface area (Å²) in [7, 11) is 0. The maximum absolute atomic E-state index is 12.3. The number of fused-ring (bicyclic) bond motifs is 1. The van der Waals surface area contributed by atoms with E-state index in [1.807, 2.05) is 71.3 Å². The summed E-state index contributed by atoms with van der Waals surface area (Å²) in [6, 6.07) is 24.4. The van der Waals surface area contributed by atoms with Crippen molar-refractivity contribution in [1.29, 1.82) is 0 Å². The molecule has 1 amide bonds. The quantitative estimate of drug-likeness (QED) is 0.366. The third-order valence-corrected chi connectivity index (χ3v) is 5.58. The highest BCUT2D eigenvalue weighted by Gasteiger charge is 2.15. The van der Waals surface area contributed by atoms with E-state index >= 15 is 0 Å². The Kier molecular flexibility index (Phi) is 7.19. The predicted molar refractivity (Wildman–Crippen MR) is 128 cm³/mol. The zero-order chi connectivity index (χ0) is 22.3. The molecule has 1 aromatic heterocycles. The first-order chi connectivity index (χ1) is 15.6. The lowest BCUT2D eigenvalue weighted by molar-refractivity contribution is 0.0922. The number of aliphatic hydroxyl groups excluding tert-OH is 1. The summed E-state index contributed by atoms with van der Waals surface area (Å²) in [6.45, 7) is 0.958. The summed E-state index contributed by atoms with van der Waals surface area (Å²) in [5.74, 6) is 1.39. The van der Waals surface area contributed by atoms with Gasteiger partial charge in [-0.25, -0.2) is 4.98 Å². The van der Waals surface area contributed by atoms with Crippen LogP contribution in [0.5, 0.6) is 5.75 Å². The Morgan fingerprint density at radius 2 is 1.75 bits per heavy atom. The molecule has 0 aliphatic heterocycles. The first kappa shape index (κ1) is 22.0. The van der Waals surface area contributed by atoms with E-state index in [2.05, 4.69) is 21.2 Å². The van der Waals surface area contributed by atoms with Gasteiger partial charge in [-0.05, 0) is 48.5 Å². The van der Waals surface area contributed by atoms with Gasteiger partial charge in [0.05, 0.1) is 17.6 Å². The molecular formula is C25H24BrN3O3. The van der Waals surface area contributed by atoms with Crippen LogP contribution in [0.15, 0.2) is 83.3 Å². The molecule has 0 bridgehead atoms. The summed E-state index contributed by atoms with van der Waals surface area (Å²) in [5.41, 5.74) is 2.43. The second kappa shape index (κ2) is 10.4. The van der Waals surface area contributed by atoms with Crippen LogP contribution in [0.3, 0.4) is 0 Å².